The van der Waals surface area contributed by atoms with E-state index in [9.17, 15) is 9.90 Å². The number of amides is 2. The second kappa shape index (κ2) is 7.42. The number of rotatable bonds is 2. The van der Waals surface area contributed by atoms with Crippen LogP contribution in [0, 0.1) is 0 Å². The Bertz CT molecular complexity index is 1180. The maximum absolute atomic E-state index is 12.8. The zero-order chi connectivity index (χ0) is 21.6. The third-order valence-electron chi connectivity index (χ3n) is 6.29. The molecule has 1 saturated heterocycles. The van der Waals surface area contributed by atoms with E-state index in [1.807, 2.05) is 31.3 Å². The number of likely N-dealkylation sites (tertiary alicyclic amines) is 1. The number of carbonyl (C=O) groups is 1. The van der Waals surface area contributed by atoms with E-state index >= 15 is 0 Å². The molecule has 1 fully saturated rings. The number of H-pyrrole nitrogens is 1. The van der Waals surface area contributed by atoms with Crippen molar-refractivity contribution >= 4 is 28.5 Å². The number of amidine groups is 1. The number of hydrogen-bond donors (Lipinski definition) is 3. The SMILES string of the molecule is COc1ccc(-c2ccc3[nH]ccc3c2)c2c1CC(NC(=O)N1CCC(C)(O)CC1)=N2. The van der Waals surface area contributed by atoms with E-state index in [0.29, 0.717) is 38.2 Å². The molecule has 2 aliphatic rings. The molecule has 160 valence electrons. The molecule has 2 amide bonds. The summed E-state index contributed by atoms with van der Waals surface area (Å²) in [4.78, 5) is 22.5. The van der Waals surface area contributed by atoms with Crippen molar-refractivity contribution in [2.75, 3.05) is 20.2 Å². The number of aliphatic imine (C=N–C) groups is 1. The van der Waals surface area contributed by atoms with Gasteiger partial charge < -0.3 is 19.7 Å². The summed E-state index contributed by atoms with van der Waals surface area (Å²) in [5.74, 6) is 1.38. The van der Waals surface area contributed by atoms with Crippen LogP contribution in [0.4, 0.5) is 10.5 Å². The second-order valence-corrected chi connectivity index (χ2v) is 8.57. The number of carbonyl (C=O) groups excluding carboxylic acids is 1. The summed E-state index contributed by atoms with van der Waals surface area (Å²) >= 11 is 0. The van der Waals surface area contributed by atoms with Gasteiger partial charge in [-0.25, -0.2) is 9.79 Å². The van der Waals surface area contributed by atoms with Gasteiger partial charge in [-0.1, -0.05) is 6.07 Å². The number of nitrogens with one attached hydrogen (secondary N) is 2. The fraction of sp³-hybridized carbons (Fsp3) is 0.333. The average Bonchev–Trinajstić information content (AvgIpc) is 3.39. The molecule has 7 heteroatoms. The molecule has 0 aliphatic carbocycles. The smallest absolute Gasteiger partial charge is 0.322 e. The summed E-state index contributed by atoms with van der Waals surface area (Å²) in [5.41, 5.74) is 4.29. The summed E-state index contributed by atoms with van der Waals surface area (Å²) in [6.45, 7) is 2.88. The molecule has 0 spiro atoms. The maximum atomic E-state index is 12.8. The molecule has 0 radical (unpaired) electrons. The summed E-state index contributed by atoms with van der Waals surface area (Å²) in [6.07, 6.45) is 3.59. The van der Waals surface area contributed by atoms with Crippen LogP contribution < -0.4 is 10.1 Å². The molecule has 3 aromatic rings. The lowest BCUT2D eigenvalue weighted by molar-refractivity contribution is 0.00483. The van der Waals surface area contributed by atoms with Crippen molar-refractivity contribution in [1.82, 2.24) is 15.2 Å². The minimum Gasteiger partial charge on any atom is -0.496 e. The fourth-order valence-corrected chi connectivity index (χ4v) is 4.37. The number of hydrogen-bond acceptors (Lipinski definition) is 4. The summed E-state index contributed by atoms with van der Waals surface area (Å²) in [5, 5.41) is 14.2. The number of aromatic nitrogens is 1. The first kappa shape index (κ1) is 19.6. The molecular formula is C24H26N4O3. The number of fused-ring (bicyclic) bond motifs is 2. The van der Waals surface area contributed by atoms with Crippen molar-refractivity contribution in [3.8, 4) is 16.9 Å². The molecule has 7 nitrogen and oxygen atoms in total. The zero-order valence-electron chi connectivity index (χ0n) is 17.7. The monoisotopic (exact) mass is 418 g/mol. The van der Waals surface area contributed by atoms with E-state index < -0.39 is 5.60 Å². The Kier molecular flexibility index (Phi) is 4.70. The van der Waals surface area contributed by atoms with Crippen LogP contribution in [0.15, 0.2) is 47.6 Å². The van der Waals surface area contributed by atoms with E-state index in [-0.39, 0.29) is 6.03 Å². The molecule has 0 atom stereocenters. The highest BCUT2D eigenvalue weighted by molar-refractivity contribution is 6.05. The number of benzene rings is 2. The van der Waals surface area contributed by atoms with Gasteiger partial charge in [-0.3, -0.25) is 5.32 Å². The van der Waals surface area contributed by atoms with Gasteiger partial charge in [-0.05, 0) is 61.0 Å². The number of aromatic amines is 1. The van der Waals surface area contributed by atoms with Crippen molar-refractivity contribution in [3.05, 3.63) is 48.2 Å². The lowest BCUT2D eigenvalue weighted by Crippen LogP contribution is -2.50. The van der Waals surface area contributed by atoms with E-state index in [2.05, 4.69) is 28.5 Å². The van der Waals surface area contributed by atoms with Crippen molar-refractivity contribution in [2.45, 2.75) is 31.8 Å². The van der Waals surface area contributed by atoms with Crippen LogP contribution in [0.5, 0.6) is 5.75 Å². The number of aliphatic hydroxyl groups is 1. The lowest BCUT2D eigenvalue weighted by atomic mass is 9.94. The summed E-state index contributed by atoms with van der Waals surface area (Å²) < 4.78 is 5.57. The Morgan fingerprint density at radius 2 is 2.03 bits per heavy atom. The van der Waals surface area contributed by atoms with Crippen LogP contribution in [-0.4, -0.2) is 52.7 Å². The third kappa shape index (κ3) is 3.65. The molecule has 2 aromatic carbocycles. The van der Waals surface area contributed by atoms with Crippen LogP contribution in [0.2, 0.25) is 0 Å². The minimum absolute atomic E-state index is 0.170. The minimum atomic E-state index is -0.694. The van der Waals surface area contributed by atoms with Crippen LogP contribution in [0.1, 0.15) is 25.3 Å². The molecule has 5 rings (SSSR count). The molecule has 0 bridgehead atoms. The van der Waals surface area contributed by atoms with Crippen LogP contribution >= 0.6 is 0 Å². The van der Waals surface area contributed by atoms with Gasteiger partial charge in [0, 0.05) is 42.4 Å². The predicted octanol–water partition coefficient (Wildman–Crippen LogP) is 3.99. The molecule has 1 aromatic heterocycles. The van der Waals surface area contributed by atoms with E-state index in [1.165, 1.54) is 0 Å². The van der Waals surface area contributed by atoms with Crippen molar-refractivity contribution < 1.29 is 14.6 Å². The lowest BCUT2D eigenvalue weighted by Gasteiger charge is -2.35. The van der Waals surface area contributed by atoms with E-state index in [0.717, 1.165) is 39.0 Å². The normalized spacial score (nSPS) is 17.4. The summed E-state index contributed by atoms with van der Waals surface area (Å²) in [6, 6.07) is 12.1. The first-order chi connectivity index (χ1) is 14.9. The molecule has 2 aliphatic heterocycles. The standard InChI is InChI=1S/C24H26N4O3/c1-24(30)8-11-28(12-9-24)23(29)27-21-14-18-20(31-2)6-4-17(22(18)26-21)15-3-5-19-16(13-15)7-10-25-19/h3-7,10,13,25,30H,8-9,11-12,14H2,1-2H3,(H,26,27,29). The molecule has 3 heterocycles. The van der Waals surface area contributed by atoms with Crippen molar-refractivity contribution in [3.63, 3.8) is 0 Å². The first-order valence-corrected chi connectivity index (χ1v) is 10.6. The predicted molar refractivity (Wildman–Crippen MR) is 121 cm³/mol. The van der Waals surface area contributed by atoms with Gasteiger partial charge in [0.25, 0.3) is 0 Å². The van der Waals surface area contributed by atoms with Gasteiger partial charge in [0.1, 0.15) is 11.6 Å². The van der Waals surface area contributed by atoms with Crippen LogP contribution in [0.3, 0.4) is 0 Å². The Morgan fingerprint density at radius 3 is 2.81 bits per heavy atom. The largest absolute Gasteiger partial charge is 0.496 e. The van der Waals surface area contributed by atoms with Gasteiger partial charge in [-0.2, -0.15) is 0 Å². The Morgan fingerprint density at radius 1 is 1.23 bits per heavy atom. The van der Waals surface area contributed by atoms with Gasteiger partial charge in [0.05, 0.1) is 18.4 Å². The number of piperidine rings is 1. The molecule has 3 N–H and O–H groups in total. The highest BCUT2D eigenvalue weighted by Crippen LogP contribution is 2.42. The number of methoxy groups -OCH3 is 1. The first-order valence-electron chi connectivity index (χ1n) is 10.6. The van der Waals surface area contributed by atoms with Gasteiger partial charge in [-0.15, -0.1) is 0 Å². The number of ether oxygens (including phenoxy) is 1. The average molecular weight is 418 g/mol. The fourth-order valence-electron chi connectivity index (χ4n) is 4.37. The third-order valence-corrected chi connectivity index (χ3v) is 6.29. The molecule has 31 heavy (non-hydrogen) atoms. The maximum Gasteiger partial charge on any atom is 0.322 e. The number of urea groups is 1. The second-order valence-electron chi connectivity index (χ2n) is 8.57. The van der Waals surface area contributed by atoms with E-state index in [1.54, 1.807) is 12.0 Å². The van der Waals surface area contributed by atoms with Gasteiger partial charge in [0.15, 0.2) is 0 Å². The van der Waals surface area contributed by atoms with Gasteiger partial charge in [0.2, 0.25) is 0 Å². The van der Waals surface area contributed by atoms with Gasteiger partial charge >= 0.3 is 6.03 Å². The topological polar surface area (TPSA) is 90.0 Å². The Labute approximate surface area is 180 Å². The zero-order valence-corrected chi connectivity index (χ0v) is 17.7. The Hall–Kier alpha value is -3.32. The van der Waals surface area contributed by atoms with Crippen molar-refractivity contribution in [2.24, 2.45) is 4.99 Å². The molecular weight excluding hydrogens is 392 g/mol. The van der Waals surface area contributed by atoms with Crippen LogP contribution in [-0.2, 0) is 6.42 Å². The quantitative estimate of drug-likeness (QED) is 0.588. The van der Waals surface area contributed by atoms with Crippen LogP contribution in [0.25, 0.3) is 22.0 Å². The Balaban J connectivity index is 1.42. The van der Waals surface area contributed by atoms with E-state index in [4.69, 9.17) is 9.73 Å². The highest BCUT2D eigenvalue weighted by Gasteiger charge is 2.31. The highest BCUT2D eigenvalue weighted by atomic mass is 16.5. The number of nitrogens with zero attached hydrogens (tertiary/aromatic N) is 2. The summed E-state index contributed by atoms with van der Waals surface area (Å²) in [7, 11) is 1.65. The molecule has 0 saturated carbocycles. The van der Waals surface area contributed by atoms with Crippen molar-refractivity contribution in [1.29, 1.82) is 0 Å². The molecule has 0 unspecified atom stereocenters.